The molecular weight excluding hydrogens is 334 g/mol. The van der Waals surface area contributed by atoms with E-state index in [0.717, 1.165) is 11.1 Å². The van der Waals surface area contributed by atoms with Gasteiger partial charge in [-0.25, -0.2) is 9.67 Å². The molecule has 1 N–H and O–H groups in total. The molecule has 0 radical (unpaired) electrons. The summed E-state index contributed by atoms with van der Waals surface area (Å²) in [6, 6.07) is 12.2. The first-order chi connectivity index (χ1) is 12.5. The Hall–Kier alpha value is -3.55. The quantitative estimate of drug-likeness (QED) is 0.543. The van der Waals surface area contributed by atoms with E-state index in [0.29, 0.717) is 18.7 Å². The smallest absolute Gasteiger partial charge is 0.273 e. The number of carbonyl (C=O) groups excluding carboxylic acids is 1. The van der Waals surface area contributed by atoms with E-state index >= 15 is 0 Å². The number of carbonyl (C=O) groups is 1. The molecule has 1 amide bonds. The number of benzene rings is 2. The number of amides is 1. The first-order valence-corrected chi connectivity index (χ1v) is 7.96. The summed E-state index contributed by atoms with van der Waals surface area (Å²) >= 11 is 0. The van der Waals surface area contributed by atoms with E-state index in [9.17, 15) is 14.9 Å². The molecule has 8 heteroatoms. The zero-order valence-corrected chi connectivity index (χ0v) is 14.1. The number of aryl methyl sites for hydroxylation is 1. The van der Waals surface area contributed by atoms with Gasteiger partial charge in [0.2, 0.25) is 0 Å². The maximum Gasteiger partial charge on any atom is 0.273 e. The summed E-state index contributed by atoms with van der Waals surface area (Å²) in [5, 5.41) is 17.8. The highest BCUT2D eigenvalue weighted by Gasteiger charge is 2.14. The second-order valence-electron chi connectivity index (χ2n) is 5.85. The molecule has 1 heterocycles. The number of aromatic nitrogens is 3. The predicted octanol–water partition coefficient (Wildman–Crippen LogP) is 2.47. The Morgan fingerprint density at radius 3 is 2.58 bits per heavy atom. The predicted molar refractivity (Wildman–Crippen MR) is 94.6 cm³/mol. The van der Waals surface area contributed by atoms with Gasteiger partial charge in [-0.15, -0.1) is 0 Å². The van der Waals surface area contributed by atoms with E-state index in [-0.39, 0.29) is 17.2 Å². The topological polar surface area (TPSA) is 103 Å². The maximum absolute atomic E-state index is 12.2. The van der Waals surface area contributed by atoms with Gasteiger partial charge in [0.25, 0.3) is 11.6 Å². The van der Waals surface area contributed by atoms with E-state index < -0.39 is 4.92 Å². The highest BCUT2D eigenvalue weighted by molar-refractivity contribution is 5.94. The van der Waals surface area contributed by atoms with Crippen molar-refractivity contribution < 1.29 is 9.72 Å². The van der Waals surface area contributed by atoms with E-state index in [1.54, 1.807) is 30.1 Å². The fraction of sp³-hybridized carbons (Fsp3) is 0.167. The molecule has 0 bridgehead atoms. The number of nitrogens with zero attached hydrogens (tertiary/aromatic N) is 4. The molecule has 132 valence electrons. The normalized spacial score (nSPS) is 10.5. The van der Waals surface area contributed by atoms with Crippen LogP contribution < -0.4 is 5.32 Å². The van der Waals surface area contributed by atoms with Crippen LogP contribution in [0.5, 0.6) is 0 Å². The Balaban J connectivity index is 1.61. The molecule has 2 aromatic carbocycles. The third-order valence-corrected chi connectivity index (χ3v) is 3.96. The van der Waals surface area contributed by atoms with Crippen molar-refractivity contribution in [1.82, 2.24) is 20.1 Å². The summed E-state index contributed by atoms with van der Waals surface area (Å²) < 4.78 is 1.72. The molecule has 0 saturated heterocycles. The fourth-order valence-electron chi connectivity index (χ4n) is 2.50. The average Bonchev–Trinajstić information content (AvgIpc) is 3.14. The Kier molecular flexibility index (Phi) is 5.02. The lowest BCUT2D eigenvalue weighted by molar-refractivity contribution is -0.385. The minimum absolute atomic E-state index is 0.0601. The van der Waals surface area contributed by atoms with Gasteiger partial charge < -0.3 is 5.32 Å². The van der Waals surface area contributed by atoms with Crippen molar-refractivity contribution >= 4 is 11.6 Å². The number of hydrogen-bond donors (Lipinski definition) is 1. The van der Waals surface area contributed by atoms with E-state index in [1.165, 1.54) is 12.4 Å². The fourth-order valence-corrected chi connectivity index (χ4v) is 2.50. The molecule has 0 atom stereocenters. The highest BCUT2D eigenvalue weighted by atomic mass is 16.6. The molecule has 1 aromatic heterocycles. The maximum atomic E-state index is 12.2. The van der Waals surface area contributed by atoms with Gasteiger partial charge in [-0.3, -0.25) is 14.9 Å². The molecule has 0 aliphatic heterocycles. The SMILES string of the molecule is Cc1ccc(C(=O)NCc2ccc(Cn3cncn3)cc2)cc1[N+](=O)[O-]. The van der Waals surface area contributed by atoms with Crippen molar-refractivity contribution in [3.8, 4) is 0 Å². The minimum Gasteiger partial charge on any atom is -0.348 e. The molecule has 0 aliphatic carbocycles. The molecular formula is C18H17N5O3. The van der Waals surface area contributed by atoms with Crippen LogP contribution in [0.25, 0.3) is 0 Å². The Labute approximate surface area is 149 Å². The molecule has 0 saturated carbocycles. The largest absolute Gasteiger partial charge is 0.348 e. The van der Waals surface area contributed by atoms with Crippen LogP contribution in [0.2, 0.25) is 0 Å². The van der Waals surface area contributed by atoms with Gasteiger partial charge in [0, 0.05) is 23.7 Å². The Morgan fingerprint density at radius 1 is 1.19 bits per heavy atom. The number of hydrogen-bond acceptors (Lipinski definition) is 5. The van der Waals surface area contributed by atoms with E-state index in [1.807, 2.05) is 24.3 Å². The van der Waals surface area contributed by atoms with Crippen molar-refractivity contribution in [2.45, 2.75) is 20.0 Å². The van der Waals surface area contributed by atoms with Crippen LogP contribution in [0.4, 0.5) is 5.69 Å². The summed E-state index contributed by atoms with van der Waals surface area (Å²) in [7, 11) is 0. The summed E-state index contributed by atoms with van der Waals surface area (Å²) in [6.45, 7) is 2.60. The molecule has 0 unspecified atom stereocenters. The van der Waals surface area contributed by atoms with Gasteiger partial charge >= 0.3 is 0 Å². The number of nitro groups is 1. The minimum atomic E-state index is -0.486. The van der Waals surface area contributed by atoms with Gasteiger partial charge in [-0.1, -0.05) is 30.3 Å². The number of rotatable bonds is 6. The third-order valence-electron chi connectivity index (χ3n) is 3.96. The lowest BCUT2D eigenvalue weighted by atomic mass is 10.1. The van der Waals surface area contributed by atoms with Crippen LogP contribution in [-0.4, -0.2) is 25.6 Å². The molecule has 0 aliphatic rings. The van der Waals surface area contributed by atoms with Gasteiger partial charge in [-0.05, 0) is 24.1 Å². The monoisotopic (exact) mass is 351 g/mol. The standard InChI is InChI=1S/C18H17N5O3/c1-13-2-7-16(8-17(13)23(25)26)18(24)20-9-14-3-5-15(6-4-14)10-22-12-19-11-21-22/h2-8,11-12H,9-10H2,1H3,(H,20,24). The summed E-state index contributed by atoms with van der Waals surface area (Å²) in [5.41, 5.74) is 2.73. The van der Waals surface area contributed by atoms with Crippen molar-refractivity contribution in [2.75, 3.05) is 0 Å². The first-order valence-electron chi connectivity index (χ1n) is 7.96. The lowest BCUT2D eigenvalue weighted by Gasteiger charge is -2.07. The molecule has 26 heavy (non-hydrogen) atoms. The van der Waals surface area contributed by atoms with Crippen molar-refractivity contribution in [2.24, 2.45) is 0 Å². The summed E-state index contributed by atoms with van der Waals surface area (Å²) in [5.74, 6) is -0.347. The molecule has 3 rings (SSSR count). The molecule has 0 spiro atoms. The number of nitro benzene ring substituents is 1. The summed E-state index contributed by atoms with van der Waals surface area (Å²) in [4.78, 5) is 26.6. The Bertz CT molecular complexity index is 921. The van der Waals surface area contributed by atoms with Crippen LogP contribution in [0, 0.1) is 17.0 Å². The lowest BCUT2D eigenvalue weighted by Crippen LogP contribution is -2.22. The second kappa shape index (κ2) is 7.56. The van der Waals surface area contributed by atoms with Crippen molar-refractivity contribution in [3.05, 3.63) is 87.5 Å². The zero-order chi connectivity index (χ0) is 18.5. The van der Waals surface area contributed by atoms with Crippen LogP contribution in [0.1, 0.15) is 27.0 Å². The van der Waals surface area contributed by atoms with Crippen LogP contribution >= 0.6 is 0 Å². The van der Waals surface area contributed by atoms with Gasteiger partial charge in [0.1, 0.15) is 12.7 Å². The van der Waals surface area contributed by atoms with E-state index in [2.05, 4.69) is 15.4 Å². The van der Waals surface area contributed by atoms with Crippen LogP contribution in [0.3, 0.4) is 0 Å². The number of nitrogens with one attached hydrogen (secondary N) is 1. The van der Waals surface area contributed by atoms with Gasteiger partial charge in [0.15, 0.2) is 0 Å². The summed E-state index contributed by atoms with van der Waals surface area (Å²) in [6.07, 6.45) is 3.13. The van der Waals surface area contributed by atoms with Gasteiger partial charge in [0.05, 0.1) is 11.5 Å². The second-order valence-corrected chi connectivity index (χ2v) is 5.85. The van der Waals surface area contributed by atoms with Crippen molar-refractivity contribution in [1.29, 1.82) is 0 Å². The van der Waals surface area contributed by atoms with Crippen molar-refractivity contribution in [3.63, 3.8) is 0 Å². The Morgan fingerprint density at radius 2 is 1.92 bits per heavy atom. The molecule has 3 aromatic rings. The third kappa shape index (κ3) is 4.10. The van der Waals surface area contributed by atoms with Crippen LogP contribution in [0.15, 0.2) is 55.1 Å². The average molecular weight is 351 g/mol. The van der Waals surface area contributed by atoms with Crippen LogP contribution in [-0.2, 0) is 13.1 Å². The molecule has 0 fully saturated rings. The zero-order valence-electron chi connectivity index (χ0n) is 14.1. The first kappa shape index (κ1) is 17.3. The molecule has 8 nitrogen and oxygen atoms in total. The van der Waals surface area contributed by atoms with Gasteiger partial charge in [-0.2, -0.15) is 5.10 Å². The highest BCUT2D eigenvalue weighted by Crippen LogP contribution is 2.19. The van der Waals surface area contributed by atoms with E-state index in [4.69, 9.17) is 0 Å².